The van der Waals surface area contributed by atoms with Gasteiger partial charge in [0.15, 0.2) is 0 Å². The Morgan fingerprint density at radius 2 is 1.89 bits per heavy atom. The van der Waals surface area contributed by atoms with Crippen LogP contribution in [0, 0.1) is 11.8 Å². The summed E-state index contributed by atoms with van der Waals surface area (Å²) in [5, 5.41) is 15.5. The summed E-state index contributed by atoms with van der Waals surface area (Å²) in [5.41, 5.74) is 0. The van der Waals surface area contributed by atoms with Crippen LogP contribution in [0.1, 0.15) is 45.4 Å². The van der Waals surface area contributed by atoms with E-state index in [9.17, 15) is 14.7 Å². The molecule has 4 unspecified atom stereocenters. The highest BCUT2D eigenvalue weighted by Gasteiger charge is 2.35. The number of amides is 1. The topological polar surface area (TPSA) is 78.4 Å². The van der Waals surface area contributed by atoms with Crippen molar-refractivity contribution in [2.75, 3.05) is 6.54 Å². The predicted octanol–water partition coefficient (Wildman–Crippen LogP) is 1.13. The molecule has 1 saturated heterocycles. The van der Waals surface area contributed by atoms with Crippen LogP contribution in [-0.2, 0) is 9.59 Å². The van der Waals surface area contributed by atoms with Gasteiger partial charge in [-0.25, -0.2) is 0 Å². The Balaban J connectivity index is 1.98. The largest absolute Gasteiger partial charge is 0.481 e. The Labute approximate surface area is 114 Å². The second-order valence-electron chi connectivity index (χ2n) is 5.90. The van der Waals surface area contributed by atoms with Crippen molar-refractivity contribution in [2.24, 2.45) is 11.8 Å². The van der Waals surface area contributed by atoms with Gasteiger partial charge in [-0.3, -0.25) is 9.59 Å². The van der Waals surface area contributed by atoms with Gasteiger partial charge in [0.25, 0.3) is 0 Å². The third-order valence-corrected chi connectivity index (χ3v) is 4.48. The van der Waals surface area contributed by atoms with Crippen molar-refractivity contribution < 1.29 is 14.7 Å². The number of nitrogens with one attached hydrogen (secondary N) is 2. The van der Waals surface area contributed by atoms with Crippen LogP contribution in [0.4, 0.5) is 0 Å². The molecule has 3 N–H and O–H groups in total. The number of aliphatic carboxylic acids is 1. The maximum atomic E-state index is 12.2. The van der Waals surface area contributed by atoms with Gasteiger partial charge in [-0.1, -0.05) is 26.2 Å². The normalized spacial score (nSPS) is 35.6. The molecule has 0 aromatic heterocycles. The molecule has 1 heterocycles. The van der Waals surface area contributed by atoms with Crippen LogP contribution in [0.3, 0.4) is 0 Å². The second-order valence-corrected chi connectivity index (χ2v) is 5.90. The fourth-order valence-corrected chi connectivity index (χ4v) is 3.23. The zero-order valence-electron chi connectivity index (χ0n) is 11.5. The molecule has 0 spiro atoms. The Morgan fingerprint density at radius 3 is 2.53 bits per heavy atom. The van der Waals surface area contributed by atoms with Gasteiger partial charge in [-0.15, -0.1) is 0 Å². The summed E-state index contributed by atoms with van der Waals surface area (Å²) in [7, 11) is 0. The van der Waals surface area contributed by atoms with Gasteiger partial charge in [0.2, 0.25) is 5.91 Å². The van der Waals surface area contributed by atoms with E-state index >= 15 is 0 Å². The van der Waals surface area contributed by atoms with Gasteiger partial charge in [0.05, 0.1) is 12.0 Å². The number of carboxylic acid groups (broad SMARTS) is 1. The zero-order valence-corrected chi connectivity index (χ0v) is 11.5. The molecule has 1 aliphatic carbocycles. The zero-order chi connectivity index (χ0) is 13.8. The minimum Gasteiger partial charge on any atom is -0.481 e. The molecule has 2 aliphatic rings. The number of hydrogen-bond acceptors (Lipinski definition) is 3. The first-order valence-corrected chi connectivity index (χ1v) is 7.36. The number of rotatable bonds is 3. The average Bonchev–Trinajstić information content (AvgIpc) is 2.65. The van der Waals surface area contributed by atoms with Gasteiger partial charge >= 0.3 is 5.97 Å². The first kappa shape index (κ1) is 14.3. The van der Waals surface area contributed by atoms with E-state index in [1.165, 1.54) is 0 Å². The molecule has 2 fully saturated rings. The highest BCUT2D eigenvalue weighted by molar-refractivity contribution is 5.83. The summed E-state index contributed by atoms with van der Waals surface area (Å²) < 4.78 is 0. The first-order chi connectivity index (χ1) is 9.09. The van der Waals surface area contributed by atoms with Crippen LogP contribution in [0.25, 0.3) is 0 Å². The van der Waals surface area contributed by atoms with Crippen LogP contribution in [-0.4, -0.2) is 35.6 Å². The molecule has 2 rings (SSSR count). The molecule has 0 aromatic rings. The predicted molar refractivity (Wildman–Crippen MR) is 71.7 cm³/mol. The highest BCUT2D eigenvalue weighted by atomic mass is 16.4. The van der Waals surface area contributed by atoms with Gasteiger partial charge in [-0.2, -0.15) is 0 Å². The summed E-state index contributed by atoms with van der Waals surface area (Å²) >= 11 is 0. The van der Waals surface area contributed by atoms with Gasteiger partial charge < -0.3 is 15.7 Å². The Kier molecular flexibility index (Phi) is 4.80. The van der Waals surface area contributed by atoms with E-state index in [1.54, 1.807) is 0 Å². The molecule has 4 atom stereocenters. The average molecular weight is 268 g/mol. The fourth-order valence-electron chi connectivity index (χ4n) is 3.23. The Bertz CT molecular complexity index is 346. The monoisotopic (exact) mass is 268 g/mol. The molecule has 1 saturated carbocycles. The van der Waals surface area contributed by atoms with Crippen molar-refractivity contribution in [3.8, 4) is 0 Å². The van der Waals surface area contributed by atoms with E-state index in [0.717, 1.165) is 38.6 Å². The molecule has 1 aliphatic heterocycles. The minimum atomic E-state index is -0.778. The number of carbonyl (C=O) groups excluding carboxylic acids is 1. The summed E-state index contributed by atoms with van der Waals surface area (Å²) in [6.07, 6.45) is 5.47. The maximum absolute atomic E-state index is 12.2. The summed E-state index contributed by atoms with van der Waals surface area (Å²) in [6, 6.07) is -0.361. The standard InChI is InChI=1S/C14H24N2O3/c1-9-7-8-15-12(9)13(17)16-11-6-4-2-3-5-10(11)14(18)19/h9-12,15H,2-8H2,1H3,(H,16,17)(H,18,19). The van der Waals surface area contributed by atoms with Crippen molar-refractivity contribution in [3.63, 3.8) is 0 Å². The Hall–Kier alpha value is -1.10. The summed E-state index contributed by atoms with van der Waals surface area (Å²) in [5.74, 6) is -0.903. The lowest BCUT2D eigenvalue weighted by Crippen LogP contribution is -2.50. The van der Waals surface area contributed by atoms with Crippen molar-refractivity contribution in [2.45, 2.75) is 57.5 Å². The highest BCUT2D eigenvalue weighted by Crippen LogP contribution is 2.24. The third kappa shape index (κ3) is 3.47. The van der Waals surface area contributed by atoms with Crippen LogP contribution in [0.15, 0.2) is 0 Å². The third-order valence-electron chi connectivity index (χ3n) is 4.48. The first-order valence-electron chi connectivity index (χ1n) is 7.36. The number of hydrogen-bond donors (Lipinski definition) is 3. The van der Waals surface area contributed by atoms with Gasteiger partial charge in [-0.05, 0) is 31.7 Å². The molecule has 1 amide bonds. The number of carboxylic acids is 1. The fraction of sp³-hybridized carbons (Fsp3) is 0.857. The molecule has 0 bridgehead atoms. The van der Waals surface area contributed by atoms with E-state index in [1.807, 2.05) is 0 Å². The lowest BCUT2D eigenvalue weighted by atomic mass is 9.94. The van der Waals surface area contributed by atoms with Crippen molar-refractivity contribution >= 4 is 11.9 Å². The van der Waals surface area contributed by atoms with Crippen LogP contribution in [0.5, 0.6) is 0 Å². The van der Waals surface area contributed by atoms with Crippen LogP contribution >= 0.6 is 0 Å². The quantitative estimate of drug-likeness (QED) is 0.671. The summed E-state index contributed by atoms with van der Waals surface area (Å²) in [4.78, 5) is 23.6. The van der Waals surface area contributed by atoms with Crippen LogP contribution in [0.2, 0.25) is 0 Å². The SMILES string of the molecule is CC1CCNC1C(=O)NC1CCCCCC1C(=O)O. The molecule has 0 radical (unpaired) electrons. The molecular formula is C14H24N2O3. The molecule has 0 aromatic carbocycles. The van der Waals surface area contributed by atoms with E-state index in [2.05, 4.69) is 17.6 Å². The maximum Gasteiger partial charge on any atom is 0.308 e. The molecule has 19 heavy (non-hydrogen) atoms. The molecular weight excluding hydrogens is 244 g/mol. The van der Waals surface area contributed by atoms with Gasteiger partial charge in [0, 0.05) is 6.04 Å². The second kappa shape index (κ2) is 6.37. The van der Waals surface area contributed by atoms with Crippen molar-refractivity contribution in [1.82, 2.24) is 10.6 Å². The van der Waals surface area contributed by atoms with Crippen LogP contribution < -0.4 is 10.6 Å². The minimum absolute atomic E-state index is 0.0249. The van der Waals surface area contributed by atoms with E-state index in [-0.39, 0.29) is 18.0 Å². The lowest BCUT2D eigenvalue weighted by molar-refractivity contribution is -0.143. The van der Waals surface area contributed by atoms with E-state index in [0.29, 0.717) is 12.3 Å². The van der Waals surface area contributed by atoms with E-state index < -0.39 is 11.9 Å². The number of carbonyl (C=O) groups is 2. The van der Waals surface area contributed by atoms with Gasteiger partial charge in [0.1, 0.15) is 0 Å². The molecule has 5 heteroatoms. The Morgan fingerprint density at radius 1 is 1.16 bits per heavy atom. The van der Waals surface area contributed by atoms with Crippen molar-refractivity contribution in [1.29, 1.82) is 0 Å². The smallest absolute Gasteiger partial charge is 0.308 e. The van der Waals surface area contributed by atoms with Crippen molar-refractivity contribution in [3.05, 3.63) is 0 Å². The molecule has 108 valence electrons. The van der Waals surface area contributed by atoms with E-state index in [4.69, 9.17) is 0 Å². The molecule has 5 nitrogen and oxygen atoms in total. The summed E-state index contributed by atoms with van der Waals surface area (Å²) in [6.45, 7) is 2.93. The lowest BCUT2D eigenvalue weighted by Gasteiger charge is -2.25.